The van der Waals surface area contributed by atoms with Crippen LogP contribution in [-0.4, -0.2) is 53.6 Å². The van der Waals surface area contributed by atoms with Crippen LogP contribution in [0.1, 0.15) is 60.5 Å². The standard InChI is InChI=1S/C26H30FN3O5/c1-3-4-5-8-33-25-23-20(9-15(2)24(25)27)34-14-17-10-18(13-30(17)26(23)32)35-22-11-19-16(12-28-22)6-7-21(31)29-19/h9,11-12,17-18H,3-8,10,13-14H2,1-2H3,(H,29,31)/t17-,18+/m1/s1. The van der Waals surface area contributed by atoms with Crippen LogP contribution in [0.25, 0.3) is 0 Å². The molecular formula is C26H30FN3O5. The number of carbonyl (C=O) groups is 2. The van der Waals surface area contributed by atoms with E-state index in [2.05, 4.69) is 17.2 Å². The van der Waals surface area contributed by atoms with Gasteiger partial charge in [-0.05, 0) is 37.0 Å². The fourth-order valence-electron chi connectivity index (χ4n) is 4.88. The van der Waals surface area contributed by atoms with Crippen molar-refractivity contribution in [3.05, 3.63) is 40.8 Å². The van der Waals surface area contributed by atoms with Gasteiger partial charge >= 0.3 is 0 Å². The molecule has 4 heterocycles. The van der Waals surface area contributed by atoms with Crippen molar-refractivity contribution in [1.29, 1.82) is 0 Å². The van der Waals surface area contributed by atoms with Crippen LogP contribution in [0.15, 0.2) is 18.3 Å². The zero-order chi connectivity index (χ0) is 24.5. The van der Waals surface area contributed by atoms with Crippen LogP contribution in [0, 0.1) is 12.7 Å². The number of nitrogens with zero attached hydrogens (tertiary/aromatic N) is 2. The van der Waals surface area contributed by atoms with Crippen molar-refractivity contribution in [2.75, 3.05) is 25.1 Å². The van der Waals surface area contributed by atoms with E-state index >= 15 is 4.39 Å². The number of pyridine rings is 1. The first kappa shape index (κ1) is 23.4. The first-order chi connectivity index (χ1) is 16.9. The van der Waals surface area contributed by atoms with E-state index < -0.39 is 5.82 Å². The molecule has 1 aromatic carbocycles. The number of fused-ring (bicyclic) bond motifs is 3. The Kier molecular flexibility index (Phi) is 6.49. The van der Waals surface area contributed by atoms with Gasteiger partial charge in [-0.3, -0.25) is 9.59 Å². The van der Waals surface area contributed by atoms with Gasteiger partial charge in [0.25, 0.3) is 5.91 Å². The topological polar surface area (TPSA) is 90.0 Å². The van der Waals surface area contributed by atoms with Crippen molar-refractivity contribution < 1.29 is 28.2 Å². The second-order valence-electron chi connectivity index (χ2n) is 9.39. The third kappa shape index (κ3) is 4.63. The number of hydrogen-bond donors (Lipinski definition) is 1. The molecule has 0 saturated carbocycles. The first-order valence-electron chi connectivity index (χ1n) is 12.3. The van der Waals surface area contributed by atoms with Crippen LogP contribution in [-0.2, 0) is 11.2 Å². The number of hydrogen-bond acceptors (Lipinski definition) is 6. The van der Waals surface area contributed by atoms with Gasteiger partial charge in [-0.15, -0.1) is 0 Å². The lowest BCUT2D eigenvalue weighted by atomic mass is 10.1. The zero-order valence-corrected chi connectivity index (χ0v) is 20.1. The summed E-state index contributed by atoms with van der Waals surface area (Å²) in [7, 11) is 0. The molecule has 2 atom stereocenters. The highest BCUT2D eigenvalue weighted by Crippen LogP contribution is 2.39. The van der Waals surface area contributed by atoms with E-state index in [0.717, 1.165) is 24.8 Å². The summed E-state index contributed by atoms with van der Waals surface area (Å²) in [6.07, 6.45) is 5.83. The summed E-state index contributed by atoms with van der Waals surface area (Å²) in [5, 5.41) is 2.85. The summed E-state index contributed by atoms with van der Waals surface area (Å²) < 4.78 is 32.9. The van der Waals surface area contributed by atoms with E-state index in [4.69, 9.17) is 14.2 Å². The maximum atomic E-state index is 15.1. The minimum atomic E-state index is -0.525. The molecule has 186 valence electrons. The molecule has 0 bridgehead atoms. The van der Waals surface area contributed by atoms with Gasteiger partial charge in [0.2, 0.25) is 11.8 Å². The third-order valence-corrected chi connectivity index (χ3v) is 6.79. The molecule has 0 spiro atoms. The smallest absolute Gasteiger partial charge is 0.262 e. The van der Waals surface area contributed by atoms with Crippen molar-refractivity contribution in [2.45, 2.75) is 64.5 Å². The molecule has 3 aliphatic heterocycles. The van der Waals surface area contributed by atoms with E-state index in [-0.39, 0.29) is 41.9 Å². The van der Waals surface area contributed by atoms with Crippen molar-refractivity contribution in [1.82, 2.24) is 9.88 Å². The van der Waals surface area contributed by atoms with E-state index in [0.29, 0.717) is 55.3 Å². The maximum Gasteiger partial charge on any atom is 0.262 e. The van der Waals surface area contributed by atoms with Crippen LogP contribution < -0.4 is 19.5 Å². The predicted molar refractivity (Wildman–Crippen MR) is 127 cm³/mol. The number of carbonyl (C=O) groups excluding carboxylic acids is 2. The first-order valence-corrected chi connectivity index (χ1v) is 12.3. The number of halogens is 1. The molecule has 35 heavy (non-hydrogen) atoms. The SMILES string of the molecule is CCCCCOc1c(F)c(C)cc2c1C(=O)N1C[C@@H](Oc3cc4c(cn3)CCC(=O)N4)C[C@@H]1CO2. The Bertz CT molecular complexity index is 1150. The summed E-state index contributed by atoms with van der Waals surface area (Å²) in [5.74, 6) is -0.146. The molecule has 9 heteroatoms. The molecule has 0 unspecified atom stereocenters. The van der Waals surface area contributed by atoms with Crippen LogP contribution >= 0.6 is 0 Å². The van der Waals surface area contributed by atoms with Gasteiger partial charge in [0.1, 0.15) is 24.0 Å². The van der Waals surface area contributed by atoms with Gasteiger partial charge in [0.05, 0.1) is 24.9 Å². The summed E-state index contributed by atoms with van der Waals surface area (Å²) in [4.78, 5) is 31.4. The largest absolute Gasteiger partial charge is 0.490 e. The van der Waals surface area contributed by atoms with Crippen LogP contribution in [0.2, 0.25) is 0 Å². The quantitative estimate of drug-likeness (QED) is 0.598. The van der Waals surface area contributed by atoms with Crippen LogP contribution in [0.3, 0.4) is 0 Å². The number of nitrogens with one attached hydrogen (secondary N) is 1. The maximum absolute atomic E-state index is 15.1. The number of ether oxygens (including phenoxy) is 3. The van der Waals surface area contributed by atoms with Gasteiger partial charge in [-0.25, -0.2) is 9.37 Å². The second kappa shape index (κ2) is 9.71. The fourth-order valence-corrected chi connectivity index (χ4v) is 4.88. The molecule has 1 N–H and O–H groups in total. The van der Waals surface area contributed by atoms with E-state index in [9.17, 15) is 9.59 Å². The van der Waals surface area contributed by atoms with Crippen LogP contribution in [0.4, 0.5) is 10.1 Å². The molecule has 2 aromatic rings. The van der Waals surface area contributed by atoms with Gasteiger partial charge in [0, 0.05) is 25.1 Å². The molecule has 5 rings (SSSR count). The van der Waals surface area contributed by atoms with E-state index in [1.807, 2.05) is 0 Å². The Hall–Kier alpha value is -3.36. The third-order valence-electron chi connectivity index (χ3n) is 6.79. The number of anilines is 1. The van der Waals surface area contributed by atoms with Crippen molar-refractivity contribution in [2.24, 2.45) is 0 Å². The number of aromatic nitrogens is 1. The summed E-state index contributed by atoms with van der Waals surface area (Å²) >= 11 is 0. The molecule has 0 aliphatic carbocycles. The lowest BCUT2D eigenvalue weighted by molar-refractivity contribution is -0.116. The average molecular weight is 484 g/mol. The molecule has 8 nitrogen and oxygen atoms in total. The van der Waals surface area contributed by atoms with Crippen LogP contribution in [0.5, 0.6) is 17.4 Å². The monoisotopic (exact) mass is 483 g/mol. The Morgan fingerprint density at radius 3 is 2.94 bits per heavy atom. The fraction of sp³-hybridized carbons (Fsp3) is 0.500. The van der Waals surface area contributed by atoms with Gasteiger partial charge in [-0.2, -0.15) is 0 Å². The van der Waals surface area contributed by atoms with Gasteiger partial charge < -0.3 is 24.4 Å². The highest BCUT2D eigenvalue weighted by Gasteiger charge is 2.42. The minimum Gasteiger partial charge on any atom is -0.490 e. The Balaban J connectivity index is 1.34. The normalized spacial score (nSPS) is 20.8. The van der Waals surface area contributed by atoms with Gasteiger partial charge in [-0.1, -0.05) is 19.8 Å². The number of unbranched alkanes of at least 4 members (excludes halogenated alkanes) is 2. The lowest BCUT2D eigenvalue weighted by Crippen LogP contribution is -2.37. The Labute approximate surface area is 203 Å². The van der Waals surface area contributed by atoms with Gasteiger partial charge in [0.15, 0.2) is 11.6 Å². The minimum absolute atomic E-state index is 0.0273. The predicted octanol–water partition coefficient (Wildman–Crippen LogP) is 4.04. The molecular weight excluding hydrogens is 453 g/mol. The highest BCUT2D eigenvalue weighted by molar-refractivity contribution is 6.00. The number of benzene rings is 1. The molecule has 3 aliphatic rings. The summed E-state index contributed by atoms with van der Waals surface area (Å²) in [5.41, 5.74) is 2.21. The van der Waals surface area contributed by atoms with E-state index in [1.165, 1.54) is 0 Å². The molecule has 1 fully saturated rings. The molecule has 2 amide bonds. The van der Waals surface area contributed by atoms with Crippen molar-refractivity contribution in [3.63, 3.8) is 0 Å². The molecule has 0 radical (unpaired) electrons. The lowest BCUT2D eigenvalue weighted by Gasteiger charge is -2.21. The summed E-state index contributed by atoms with van der Waals surface area (Å²) in [6, 6.07) is 3.08. The zero-order valence-electron chi connectivity index (χ0n) is 20.1. The Morgan fingerprint density at radius 1 is 1.26 bits per heavy atom. The highest BCUT2D eigenvalue weighted by atomic mass is 19.1. The van der Waals surface area contributed by atoms with E-state index in [1.54, 1.807) is 30.2 Å². The second-order valence-corrected chi connectivity index (χ2v) is 9.39. The Morgan fingerprint density at radius 2 is 2.11 bits per heavy atom. The number of rotatable bonds is 7. The molecule has 1 saturated heterocycles. The summed E-state index contributed by atoms with van der Waals surface area (Å²) in [6.45, 7) is 4.67. The number of amides is 2. The van der Waals surface area contributed by atoms with Crippen molar-refractivity contribution in [3.8, 4) is 17.4 Å². The average Bonchev–Trinajstić information content (AvgIpc) is 3.19. The molecule has 1 aromatic heterocycles. The number of aryl methyl sites for hydroxylation is 2. The van der Waals surface area contributed by atoms with Crippen molar-refractivity contribution >= 4 is 17.5 Å².